The van der Waals surface area contributed by atoms with Crippen LogP contribution in [0, 0.1) is 0 Å². The van der Waals surface area contributed by atoms with Crippen LogP contribution < -0.4 is 5.01 Å². The fraction of sp³-hybridized carbons (Fsp3) is 0.176. The first-order valence-corrected chi connectivity index (χ1v) is 9.82. The van der Waals surface area contributed by atoms with Gasteiger partial charge in [-0.1, -0.05) is 69.5 Å². The van der Waals surface area contributed by atoms with Gasteiger partial charge in [-0.3, -0.25) is 9.80 Å². The van der Waals surface area contributed by atoms with E-state index in [1.807, 2.05) is 30.3 Å². The highest BCUT2D eigenvalue weighted by molar-refractivity contribution is 14.1. The molecule has 3 rings (SSSR count). The molecule has 1 heterocycles. The molecule has 0 radical (unpaired) electrons. The first kappa shape index (κ1) is 18.0. The van der Waals surface area contributed by atoms with Crippen LogP contribution in [-0.2, 0) is 4.79 Å². The minimum Gasteiger partial charge on any atom is -0.292 e. The molecule has 0 saturated carbocycles. The number of nitrogens with zero attached hydrogens (tertiary/aromatic N) is 2. The Morgan fingerprint density at radius 2 is 1.79 bits per heavy atom. The third-order valence-corrected chi connectivity index (χ3v) is 5.25. The predicted octanol–water partition coefficient (Wildman–Crippen LogP) is 5.96. The van der Waals surface area contributed by atoms with Crippen molar-refractivity contribution in [3.05, 3.63) is 63.1 Å². The molecule has 0 bridgehead atoms. The largest absolute Gasteiger partial charge is 0.292 e. The fourth-order valence-corrected chi connectivity index (χ4v) is 3.65. The van der Waals surface area contributed by atoms with Gasteiger partial charge in [0.05, 0.1) is 21.2 Å². The Bertz CT molecular complexity index is 808. The Hall–Kier alpha value is -0.820. The van der Waals surface area contributed by atoms with Gasteiger partial charge < -0.3 is 0 Å². The van der Waals surface area contributed by atoms with Crippen molar-refractivity contribution in [3.8, 4) is 0 Å². The Kier molecular flexibility index (Phi) is 5.70. The lowest BCUT2D eigenvalue weighted by atomic mass is 10.0. The number of hydrogen-bond donors (Lipinski definition) is 0. The number of hydrazone groups is 1. The molecule has 7 heteroatoms. The third-order valence-electron chi connectivity index (χ3n) is 3.76. The van der Waals surface area contributed by atoms with Crippen molar-refractivity contribution < 1.29 is 4.79 Å². The molecule has 1 unspecified atom stereocenters. The van der Waals surface area contributed by atoms with Crippen molar-refractivity contribution in [2.45, 2.75) is 12.5 Å². The van der Waals surface area contributed by atoms with Crippen LogP contribution in [0.25, 0.3) is 0 Å². The van der Waals surface area contributed by atoms with Gasteiger partial charge >= 0.3 is 0 Å². The van der Waals surface area contributed by atoms with Gasteiger partial charge in [-0.15, -0.1) is 0 Å². The number of carbonyl (C=O) groups is 1. The highest BCUT2D eigenvalue weighted by atomic mass is 127. The summed E-state index contributed by atoms with van der Waals surface area (Å²) in [4.78, 5) is 12.1. The quantitative estimate of drug-likeness (QED) is 0.389. The molecule has 24 heavy (non-hydrogen) atoms. The molecule has 0 N–H and O–H groups in total. The summed E-state index contributed by atoms with van der Waals surface area (Å²) in [6.45, 7) is 0. The average Bonchev–Trinajstić information content (AvgIpc) is 3.00. The van der Waals surface area contributed by atoms with E-state index in [4.69, 9.17) is 34.8 Å². The summed E-state index contributed by atoms with van der Waals surface area (Å²) < 4.78 is 0.395. The van der Waals surface area contributed by atoms with Gasteiger partial charge in [-0.25, -0.2) is 0 Å². The zero-order valence-electron chi connectivity index (χ0n) is 12.3. The van der Waals surface area contributed by atoms with Gasteiger partial charge in [0.15, 0.2) is 5.78 Å². The van der Waals surface area contributed by atoms with E-state index in [-0.39, 0.29) is 11.8 Å². The van der Waals surface area contributed by atoms with Gasteiger partial charge in [0, 0.05) is 16.5 Å². The highest BCUT2D eigenvalue weighted by Crippen LogP contribution is 2.40. The van der Waals surface area contributed by atoms with E-state index in [0.29, 0.717) is 31.6 Å². The molecule has 0 saturated heterocycles. The highest BCUT2D eigenvalue weighted by Gasteiger charge is 2.32. The second kappa shape index (κ2) is 7.60. The number of ketones is 1. The Morgan fingerprint density at radius 3 is 2.42 bits per heavy atom. The van der Waals surface area contributed by atoms with Crippen LogP contribution in [0.5, 0.6) is 0 Å². The van der Waals surface area contributed by atoms with Crippen molar-refractivity contribution in [1.29, 1.82) is 0 Å². The van der Waals surface area contributed by atoms with Crippen LogP contribution in [0.1, 0.15) is 18.0 Å². The Labute approximate surface area is 168 Å². The number of alkyl halides is 1. The molecule has 2 aromatic carbocycles. The molecular formula is C17H12Cl3IN2O. The van der Waals surface area contributed by atoms with Crippen LogP contribution in [0.15, 0.2) is 47.6 Å². The molecular weight excluding hydrogens is 481 g/mol. The molecule has 124 valence electrons. The van der Waals surface area contributed by atoms with E-state index in [9.17, 15) is 4.79 Å². The van der Waals surface area contributed by atoms with Crippen LogP contribution in [0.4, 0.5) is 5.69 Å². The lowest BCUT2D eigenvalue weighted by molar-refractivity contribution is -0.110. The maximum atomic E-state index is 12.1. The lowest BCUT2D eigenvalue weighted by Gasteiger charge is -2.25. The zero-order chi connectivity index (χ0) is 17.3. The second-order valence-corrected chi connectivity index (χ2v) is 7.36. The topological polar surface area (TPSA) is 32.7 Å². The van der Waals surface area contributed by atoms with Crippen molar-refractivity contribution >= 4 is 74.6 Å². The maximum Gasteiger partial charge on any atom is 0.188 e. The molecule has 1 aliphatic heterocycles. The van der Waals surface area contributed by atoms with E-state index in [0.717, 1.165) is 11.3 Å². The number of halogens is 4. The lowest BCUT2D eigenvalue weighted by Crippen LogP contribution is -2.19. The maximum absolute atomic E-state index is 12.1. The average molecular weight is 494 g/mol. The van der Waals surface area contributed by atoms with E-state index >= 15 is 0 Å². The number of rotatable bonds is 4. The molecule has 0 spiro atoms. The Morgan fingerprint density at radius 1 is 1.12 bits per heavy atom. The molecule has 1 aliphatic rings. The van der Waals surface area contributed by atoms with Crippen molar-refractivity contribution in [1.82, 2.24) is 0 Å². The fourth-order valence-electron chi connectivity index (χ4n) is 2.59. The SMILES string of the molecule is O=C(CI)C1=NN(c2ccc(Cl)cc2Cl)C(c2ccc(Cl)cc2)C1. The van der Waals surface area contributed by atoms with E-state index in [1.165, 1.54) is 0 Å². The summed E-state index contributed by atoms with van der Waals surface area (Å²) in [6.07, 6.45) is 0.530. The molecule has 0 aromatic heterocycles. The molecule has 0 amide bonds. The third kappa shape index (κ3) is 3.72. The number of Topliss-reactive ketones (excluding diaryl/α,β-unsaturated/α-hetero) is 1. The number of hydrogen-bond acceptors (Lipinski definition) is 3. The van der Waals surface area contributed by atoms with E-state index in [2.05, 4.69) is 27.7 Å². The first-order chi connectivity index (χ1) is 11.5. The summed E-state index contributed by atoms with van der Waals surface area (Å²) >= 11 is 20.4. The molecule has 2 aromatic rings. The van der Waals surface area contributed by atoms with Gasteiger partial charge in [-0.05, 0) is 35.9 Å². The van der Waals surface area contributed by atoms with Crippen LogP contribution in [0.2, 0.25) is 15.1 Å². The number of benzene rings is 2. The van der Waals surface area contributed by atoms with Crippen LogP contribution >= 0.6 is 57.4 Å². The van der Waals surface area contributed by atoms with Gasteiger partial charge in [-0.2, -0.15) is 5.10 Å². The van der Waals surface area contributed by atoms with Gasteiger partial charge in [0.2, 0.25) is 0 Å². The normalized spacial score (nSPS) is 17.1. The second-order valence-electron chi connectivity index (χ2n) is 5.32. The van der Waals surface area contributed by atoms with Crippen molar-refractivity contribution in [3.63, 3.8) is 0 Å². The molecule has 1 atom stereocenters. The first-order valence-electron chi connectivity index (χ1n) is 7.16. The molecule has 3 nitrogen and oxygen atoms in total. The number of anilines is 1. The van der Waals surface area contributed by atoms with E-state index in [1.54, 1.807) is 17.1 Å². The minimum atomic E-state index is -0.108. The minimum absolute atomic E-state index is 0.0298. The van der Waals surface area contributed by atoms with Crippen molar-refractivity contribution in [2.75, 3.05) is 9.44 Å². The standard InChI is InChI=1S/C17H12Cl3IN2O/c18-11-3-1-10(2-4-11)16-8-14(17(24)9-21)22-23(16)15-6-5-12(19)7-13(15)20/h1-7,16H,8-9H2. The van der Waals surface area contributed by atoms with Gasteiger partial charge in [0.1, 0.15) is 5.71 Å². The summed E-state index contributed by atoms with van der Waals surface area (Å²) in [7, 11) is 0. The summed E-state index contributed by atoms with van der Waals surface area (Å²) in [5.74, 6) is 0.0298. The van der Waals surface area contributed by atoms with Crippen molar-refractivity contribution in [2.24, 2.45) is 5.10 Å². The summed E-state index contributed by atoms with van der Waals surface area (Å²) in [5.41, 5.74) is 2.29. The zero-order valence-corrected chi connectivity index (χ0v) is 16.8. The molecule has 0 fully saturated rings. The predicted molar refractivity (Wildman–Crippen MR) is 109 cm³/mol. The Balaban J connectivity index is 2.04. The number of carbonyl (C=O) groups excluding carboxylic acids is 1. The van der Waals surface area contributed by atoms with Gasteiger partial charge in [0.25, 0.3) is 0 Å². The van der Waals surface area contributed by atoms with E-state index < -0.39 is 0 Å². The monoisotopic (exact) mass is 492 g/mol. The van der Waals surface area contributed by atoms with Crippen LogP contribution in [0.3, 0.4) is 0 Å². The summed E-state index contributed by atoms with van der Waals surface area (Å²) in [5, 5.41) is 8.04. The molecule has 0 aliphatic carbocycles. The summed E-state index contributed by atoms with van der Waals surface area (Å²) in [6, 6.07) is 12.7. The smallest absolute Gasteiger partial charge is 0.188 e. The van der Waals surface area contributed by atoms with Crippen LogP contribution in [-0.4, -0.2) is 15.9 Å².